The third-order valence-corrected chi connectivity index (χ3v) is 5.22. The minimum absolute atomic E-state index is 0.0579. The van der Waals surface area contributed by atoms with E-state index in [4.69, 9.17) is 9.47 Å². The number of rotatable bonds is 9. The third kappa shape index (κ3) is 6.59. The van der Waals surface area contributed by atoms with Gasteiger partial charge in [0.1, 0.15) is 18.1 Å². The first-order valence-electron chi connectivity index (χ1n) is 10.3. The lowest BCUT2D eigenvalue weighted by Crippen LogP contribution is -2.33. The number of carbonyl (C=O) groups is 1. The average Bonchev–Trinajstić information content (AvgIpc) is 2.76. The number of carbonyl (C=O) groups excluding carboxylic acids is 1. The van der Waals surface area contributed by atoms with E-state index in [2.05, 4.69) is 34.6 Å². The van der Waals surface area contributed by atoms with Gasteiger partial charge in [0.05, 0.1) is 20.2 Å². The number of amides is 1. The fraction of sp³-hybridized carbons (Fsp3) is 0.435. The maximum absolute atomic E-state index is 12.0. The molecule has 3 rings (SSSR count). The van der Waals surface area contributed by atoms with Crippen LogP contribution in [0.3, 0.4) is 0 Å². The second-order valence-corrected chi connectivity index (χ2v) is 7.44. The van der Waals surface area contributed by atoms with E-state index in [1.807, 2.05) is 36.4 Å². The highest BCUT2D eigenvalue weighted by atomic mass is 16.5. The normalized spacial score (nSPS) is 14.3. The zero-order valence-corrected chi connectivity index (χ0v) is 17.3. The molecule has 1 heterocycles. The van der Waals surface area contributed by atoms with Gasteiger partial charge in [-0.2, -0.15) is 0 Å². The van der Waals surface area contributed by atoms with E-state index in [-0.39, 0.29) is 12.5 Å². The van der Waals surface area contributed by atoms with E-state index >= 15 is 0 Å². The molecule has 6 nitrogen and oxygen atoms in total. The molecule has 0 radical (unpaired) electrons. The average molecular weight is 398 g/mol. The van der Waals surface area contributed by atoms with Gasteiger partial charge in [0, 0.05) is 24.5 Å². The molecule has 6 heteroatoms. The van der Waals surface area contributed by atoms with Gasteiger partial charge in [0.15, 0.2) is 0 Å². The van der Waals surface area contributed by atoms with Gasteiger partial charge in [-0.3, -0.25) is 4.79 Å². The highest BCUT2D eigenvalue weighted by Gasteiger charge is 2.15. The Hall–Kier alpha value is -2.89. The summed E-state index contributed by atoms with van der Waals surface area (Å²) in [6, 6.07) is 15.7. The SMILES string of the molecule is COc1ccc(OCCNC(=O)CNc2ccc(N3CCC(C)CC3)cc2)cc1. The lowest BCUT2D eigenvalue weighted by Gasteiger charge is -2.32. The Morgan fingerprint density at radius 1 is 1.03 bits per heavy atom. The van der Waals surface area contributed by atoms with Crippen LogP contribution in [-0.4, -0.2) is 45.8 Å². The molecule has 0 unspecified atom stereocenters. The van der Waals surface area contributed by atoms with Crippen molar-refractivity contribution in [3.8, 4) is 11.5 Å². The second kappa shape index (κ2) is 10.6. The van der Waals surface area contributed by atoms with Crippen LogP contribution >= 0.6 is 0 Å². The predicted molar refractivity (Wildman–Crippen MR) is 117 cm³/mol. The summed E-state index contributed by atoms with van der Waals surface area (Å²) in [5.74, 6) is 2.31. The highest BCUT2D eigenvalue weighted by Crippen LogP contribution is 2.24. The first-order valence-corrected chi connectivity index (χ1v) is 10.3. The minimum Gasteiger partial charge on any atom is -0.497 e. The summed E-state index contributed by atoms with van der Waals surface area (Å²) in [6.45, 7) is 5.67. The minimum atomic E-state index is -0.0579. The van der Waals surface area contributed by atoms with E-state index in [1.54, 1.807) is 7.11 Å². The van der Waals surface area contributed by atoms with Gasteiger partial charge >= 0.3 is 0 Å². The molecule has 0 saturated carbocycles. The van der Waals surface area contributed by atoms with Gasteiger partial charge in [0.25, 0.3) is 0 Å². The first kappa shape index (κ1) is 20.8. The van der Waals surface area contributed by atoms with Crippen molar-refractivity contribution in [3.05, 3.63) is 48.5 Å². The fourth-order valence-corrected chi connectivity index (χ4v) is 3.33. The van der Waals surface area contributed by atoms with Crippen LogP contribution in [-0.2, 0) is 4.79 Å². The molecule has 1 aliphatic rings. The molecule has 2 aromatic rings. The van der Waals surface area contributed by atoms with Crippen LogP contribution in [0.25, 0.3) is 0 Å². The van der Waals surface area contributed by atoms with E-state index < -0.39 is 0 Å². The molecule has 0 atom stereocenters. The van der Waals surface area contributed by atoms with Crippen molar-refractivity contribution in [1.82, 2.24) is 5.32 Å². The number of ether oxygens (including phenoxy) is 2. The molecule has 1 amide bonds. The Morgan fingerprint density at radius 2 is 1.69 bits per heavy atom. The van der Waals surface area contributed by atoms with Crippen LogP contribution in [0.2, 0.25) is 0 Å². The van der Waals surface area contributed by atoms with E-state index in [1.165, 1.54) is 18.5 Å². The number of nitrogens with one attached hydrogen (secondary N) is 2. The Kier molecular flexibility index (Phi) is 7.61. The third-order valence-electron chi connectivity index (χ3n) is 5.22. The van der Waals surface area contributed by atoms with Crippen molar-refractivity contribution < 1.29 is 14.3 Å². The summed E-state index contributed by atoms with van der Waals surface area (Å²) < 4.78 is 10.7. The van der Waals surface area contributed by atoms with Crippen LogP contribution in [0.4, 0.5) is 11.4 Å². The topological polar surface area (TPSA) is 62.8 Å². The zero-order chi connectivity index (χ0) is 20.5. The zero-order valence-electron chi connectivity index (χ0n) is 17.3. The highest BCUT2D eigenvalue weighted by molar-refractivity contribution is 5.80. The Bertz CT molecular complexity index is 754. The lowest BCUT2D eigenvalue weighted by molar-refractivity contribution is -0.119. The standard InChI is InChI=1S/C23H31N3O3/c1-18-11-14-26(15-12-18)20-5-3-19(4-6-20)25-17-23(27)24-13-16-29-22-9-7-21(28-2)8-10-22/h3-10,18,25H,11-17H2,1-2H3,(H,24,27). The van der Waals surface area contributed by atoms with Crippen molar-refractivity contribution >= 4 is 17.3 Å². The molecule has 1 aliphatic heterocycles. The van der Waals surface area contributed by atoms with E-state index in [0.717, 1.165) is 36.2 Å². The number of piperidine rings is 1. The first-order chi connectivity index (χ1) is 14.1. The Labute approximate surface area is 173 Å². The molecular formula is C23H31N3O3. The van der Waals surface area contributed by atoms with Gasteiger partial charge in [0.2, 0.25) is 5.91 Å². The lowest BCUT2D eigenvalue weighted by atomic mass is 9.99. The number of nitrogens with zero attached hydrogens (tertiary/aromatic N) is 1. The maximum atomic E-state index is 12.0. The Balaban J connectivity index is 1.32. The molecule has 156 valence electrons. The van der Waals surface area contributed by atoms with Crippen molar-refractivity contribution in [3.63, 3.8) is 0 Å². The molecule has 0 aliphatic carbocycles. The molecule has 2 aromatic carbocycles. The van der Waals surface area contributed by atoms with Crippen LogP contribution < -0.4 is 25.0 Å². The molecule has 29 heavy (non-hydrogen) atoms. The number of anilines is 2. The van der Waals surface area contributed by atoms with E-state index in [9.17, 15) is 4.79 Å². The summed E-state index contributed by atoms with van der Waals surface area (Å²) >= 11 is 0. The van der Waals surface area contributed by atoms with Crippen molar-refractivity contribution in [2.45, 2.75) is 19.8 Å². The van der Waals surface area contributed by atoms with Crippen LogP contribution in [0.1, 0.15) is 19.8 Å². The van der Waals surface area contributed by atoms with Crippen molar-refractivity contribution in [2.75, 3.05) is 50.1 Å². The van der Waals surface area contributed by atoms with Crippen molar-refractivity contribution in [2.24, 2.45) is 5.92 Å². The molecule has 1 saturated heterocycles. The number of hydrogen-bond donors (Lipinski definition) is 2. The molecular weight excluding hydrogens is 366 g/mol. The fourth-order valence-electron chi connectivity index (χ4n) is 3.33. The predicted octanol–water partition coefficient (Wildman–Crippen LogP) is 3.54. The summed E-state index contributed by atoms with van der Waals surface area (Å²) in [5, 5.41) is 6.02. The summed E-state index contributed by atoms with van der Waals surface area (Å²) in [6.07, 6.45) is 2.50. The van der Waals surface area contributed by atoms with Gasteiger partial charge in [-0.1, -0.05) is 6.92 Å². The molecule has 0 bridgehead atoms. The molecule has 0 aromatic heterocycles. The van der Waals surface area contributed by atoms with E-state index in [0.29, 0.717) is 13.2 Å². The van der Waals surface area contributed by atoms with Crippen LogP contribution in [0.5, 0.6) is 11.5 Å². The second-order valence-electron chi connectivity index (χ2n) is 7.44. The number of benzene rings is 2. The summed E-state index contributed by atoms with van der Waals surface area (Å²) in [7, 11) is 1.63. The molecule has 1 fully saturated rings. The largest absolute Gasteiger partial charge is 0.497 e. The quantitative estimate of drug-likeness (QED) is 0.634. The maximum Gasteiger partial charge on any atom is 0.239 e. The van der Waals surface area contributed by atoms with Gasteiger partial charge in [-0.25, -0.2) is 0 Å². The number of methoxy groups -OCH3 is 1. The Morgan fingerprint density at radius 3 is 2.34 bits per heavy atom. The van der Waals surface area contributed by atoms with Crippen LogP contribution in [0.15, 0.2) is 48.5 Å². The van der Waals surface area contributed by atoms with Gasteiger partial charge in [-0.15, -0.1) is 0 Å². The number of hydrogen-bond acceptors (Lipinski definition) is 5. The smallest absolute Gasteiger partial charge is 0.239 e. The van der Waals surface area contributed by atoms with Crippen LogP contribution in [0, 0.1) is 5.92 Å². The van der Waals surface area contributed by atoms with Crippen molar-refractivity contribution in [1.29, 1.82) is 0 Å². The summed E-state index contributed by atoms with van der Waals surface area (Å²) in [5.41, 5.74) is 2.20. The molecule has 2 N–H and O–H groups in total. The van der Waals surface area contributed by atoms with Gasteiger partial charge < -0.3 is 25.0 Å². The monoisotopic (exact) mass is 397 g/mol. The van der Waals surface area contributed by atoms with Gasteiger partial charge in [-0.05, 0) is 67.3 Å². The molecule has 0 spiro atoms. The summed E-state index contributed by atoms with van der Waals surface area (Å²) in [4.78, 5) is 14.4.